The quantitative estimate of drug-likeness (QED) is 0.456. The van der Waals surface area contributed by atoms with Gasteiger partial charge in [0.1, 0.15) is 11.4 Å². The van der Waals surface area contributed by atoms with E-state index in [1.165, 1.54) is 16.8 Å². The molecule has 0 aromatic heterocycles. The molecule has 2 aromatic carbocycles. The van der Waals surface area contributed by atoms with Gasteiger partial charge in [0, 0.05) is 24.6 Å². The van der Waals surface area contributed by atoms with Crippen molar-refractivity contribution in [3.8, 4) is 22.7 Å². The number of carbonyl (C=O) groups excluding carboxylic acids is 1. The molecule has 2 aromatic rings. The third-order valence-electron chi connectivity index (χ3n) is 4.80. The van der Waals surface area contributed by atoms with Crippen LogP contribution in [0.3, 0.4) is 0 Å². The predicted octanol–water partition coefficient (Wildman–Crippen LogP) is 4.70. The highest BCUT2D eigenvalue weighted by molar-refractivity contribution is 6.08. The topological polar surface area (TPSA) is 78.2 Å². The maximum Gasteiger partial charge on any atom is 0.573 e. The highest BCUT2D eigenvalue weighted by Gasteiger charge is 2.31. The summed E-state index contributed by atoms with van der Waals surface area (Å²) in [5.41, 5.74) is 1.15. The average Bonchev–Trinajstić information content (AvgIpc) is 3.11. The maximum absolute atomic E-state index is 13.1. The number of rotatable bonds is 6. The normalized spacial score (nSPS) is 11.5. The molecule has 7 nitrogen and oxygen atoms in total. The molecule has 0 fully saturated rings. The summed E-state index contributed by atoms with van der Waals surface area (Å²) >= 11 is 0. The largest absolute Gasteiger partial charge is 0.573 e. The fraction of sp³-hybridized carbons (Fsp3) is 0.174. The molecule has 0 saturated heterocycles. The Balaban J connectivity index is 1.70. The lowest BCUT2D eigenvalue weighted by atomic mass is 10.1. The number of benzene rings is 2. The number of anilines is 1. The second-order valence-electron chi connectivity index (χ2n) is 7.25. The Morgan fingerprint density at radius 2 is 1.76 bits per heavy atom. The molecule has 0 spiro atoms. The van der Waals surface area contributed by atoms with Crippen LogP contribution in [0.2, 0.25) is 0 Å². The number of para-hydroxylation sites is 1. The van der Waals surface area contributed by atoms with E-state index >= 15 is 0 Å². The van der Waals surface area contributed by atoms with Crippen LogP contribution in [0, 0.1) is 0 Å². The molecule has 0 aliphatic carbocycles. The Kier molecular flexibility index (Phi) is 5.91. The van der Waals surface area contributed by atoms with Crippen LogP contribution in [0.25, 0.3) is 16.9 Å². The van der Waals surface area contributed by atoms with Crippen LogP contribution < -0.4 is 15.6 Å². The summed E-state index contributed by atoms with van der Waals surface area (Å²) in [4.78, 5) is 26.1. The van der Waals surface area contributed by atoms with Gasteiger partial charge in [-0.15, -0.1) is 13.2 Å². The van der Waals surface area contributed by atoms with Gasteiger partial charge in [-0.3, -0.25) is 9.59 Å². The monoisotopic (exact) mass is 456 g/mol. The van der Waals surface area contributed by atoms with Crippen LogP contribution in [0.1, 0.15) is 23.7 Å². The summed E-state index contributed by atoms with van der Waals surface area (Å²) in [5.74, 6) is -0.950. The summed E-state index contributed by atoms with van der Waals surface area (Å²) in [7, 11) is 0. The average molecular weight is 456 g/mol. The summed E-state index contributed by atoms with van der Waals surface area (Å²) in [6.45, 7) is 2.54. The minimum absolute atomic E-state index is 0.170. The first-order valence-corrected chi connectivity index (χ1v) is 10.1. The summed E-state index contributed by atoms with van der Waals surface area (Å²) in [5, 5.41) is 7.02. The van der Waals surface area contributed by atoms with E-state index in [2.05, 4.69) is 15.2 Å². The molecule has 10 heteroatoms. The minimum Gasteiger partial charge on any atom is -0.406 e. The molecule has 170 valence electrons. The smallest absolute Gasteiger partial charge is 0.406 e. The lowest BCUT2D eigenvalue weighted by molar-refractivity contribution is -0.274. The number of alkyl halides is 3. The number of aryl methyl sites for hydroxylation is 1. The predicted molar refractivity (Wildman–Crippen MR) is 116 cm³/mol. The molecule has 0 unspecified atom stereocenters. The van der Waals surface area contributed by atoms with Crippen molar-refractivity contribution in [1.29, 1.82) is 0 Å². The second-order valence-corrected chi connectivity index (χ2v) is 7.25. The number of ether oxygens (including phenoxy) is 1. The highest BCUT2D eigenvalue weighted by atomic mass is 19.4. The maximum atomic E-state index is 13.1. The van der Waals surface area contributed by atoms with E-state index in [4.69, 9.17) is 0 Å². The van der Waals surface area contributed by atoms with Crippen molar-refractivity contribution in [1.82, 2.24) is 14.3 Å². The number of hydrogen-bond acceptors (Lipinski definition) is 4. The van der Waals surface area contributed by atoms with Crippen molar-refractivity contribution in [2.45, 2.75) is 26.3 Å². The zero-order chi connectivity index (χ0) is 23.6. The Labute approximate surface area is 186 Å². The number of nitrogens with one attached hydrogen (secondary N) is 1. The van der Waals surface area contributed by atoms with E-state index in [9.17, 15) is 22.8 Å². The Morgan fingerprint density at radius 3 is 2.39 bits per heavy atom. The van der Waals surface area contributed by atoms with Gasteiger partial charge in [-0.2, -0.15) is 9.78 Å². The number of carbonyl (C=O) groups is 1. The molecule has 2 aliphatic heterocycles. The Hall–Kier alpha value is -4.08. The first-order chi connectivity index (χ1) is 15.7. The number of halogens is 3. The minimum atomic E-state index is -4.80. The lowest BCUT2D eigenvalue weighted by Crippen LogP contribution is -2.18. The first kappa shape index (κ1) is 22.1. The Bertz CT molecular complexity index is 1300. The fourth-order valence-corrected chi connectivity index (χ4v) is 3.40. The third kappa shape index (κ3) is 4.89. The zero-order valence-electron chi connectivity index (χ0n) is 17.5. The van der Waals surface area contributed by atoms with Gasteiger partial charge in [-0.1, -0.05) is 25.1 Å². The van der Waals surface area contributed by atoms with Gasteiger partial charge >= 0.3 is 6.36 Å². The number of amides is 1. The molecule has 0 bridgehead atoms. The van der Waals surface area contributed by atoms with Crippen molar-refractivity contribution in [3.63, 3.8) is 0 Å². The van der Waals surface area contributed by atoms with Crippen molar-refractivity contribution >= 4 is 11.6 Å². The number of fused-ring (bicyclic) bond motifs is 1. The van der Waals surface area contributed by atoms with Crippen LogP contribution in [0.4, 0.5) is 18.9 Å². The van der Waals surface area contributed by atoms with E-state index in [0.717, 1.165) is 18.6 Å². The van der Waals surface area contributed by atoms with Gasteiger partial charge in [0.2, 0.25) is 0 Å². The van der Waals surface area contributed by atoms with E-state index in [0.29, 0.717) is 12.2 Å². The van der Waals surface area contributed by atoms with Crippen LogP contribution in [0.15, 0.2) is 71.8 Å². The summed E-state index contributed by atoms with van der Waals surface area (Å²) in [6.07, 6.45) is -0.766. The molecule has 2 aliphatic rings. The van der Waals surface area contributed by atoms with E-state index in [1.54, 1.807) is 41.2 Å². The summed E-state index contributed by atoms with van der Waals surface area (Å²) < 4.78 is 43.9. The molecule has 33 heavy (non-hydrogen) atoms. The van der Waals surface area contributed by atoms with Crippen molar-refractivity contribution < 1.29 is 22.7 Å². The molecule has 4 rings (SSSR count). The van der Waals surface area contributed by atoms with Gasteiger partial charge in [-0.25, -0.2) is 0 Å². The van der Waals surface area contributed by atoms with Gasteiger partial charge in [0.05, 0.1) is 16.8 Å². The van der Waals surface area contributed by atoms with E-state index in [-0.39, 0.29) is 28.1 Å². The highest BCUT2D eigenvalue weighted by Crippen LogP contribution is 2.26. The van der Waals surface area contributed by atoms with Crippen molar-refractivity contribution in [2.24, 2.45) is 0 Å². The Morgan fingerprint density at radius 1 is 1.06 bits per heavy atom. The number of pyridine rings is 1. The van der Waals surface area contributed by atoms with Crippen molar-refractivity contribution in [3.05, 3.63) is 82.9 Å². The first-order valence-electron chi connectivity index (χ1n) is 10.1. The fourth-order valence-electron chi connectivity index (χ4n) is 3.40. The molecule has 2 heterocycles. The summed E-state index contributed by atoms with van der Waals surface area (Å²) in [6, 6.07) is 13.6. The molecular formula is C23H19F3N4O3. The molecule has 1 N–H and O–H groups in total. The third-order valence-corrected chi connectivity index (χ3v) is 4.80. The van der Waals surface area contributed by atoms with E-state index in [1.807, 2.05) is 13.0 Å². The van der Waals surface area contributed by atoms with Gasteiger partial charge < -0.3 is 14.6 Å². The zero-order valence-corrected chi connectivity index (χ0v) is 17.5. The molecule has 0 radical (unpaired) electrons. The standard InChI is InChI=1S/C23H19F3N4O3/c1-2-12-29-13-18(21(31)27-15-8-10-17(11-9-15)33-23(24,25)26)20-19(14-29)22(32)30(28-20)16-6-4-3-5-7-16/h3-11,13-14H,2,12H2,1H3,(H,27,31). The number of aromatic nitrogens is 3. The van der Waals surface area contributed by atoms with Crippen LogP contribution in [0.5, 0.6) is 5.75 Å². The molecular weight excluding hydrogens is 437 g/mol. The second kappa shape index (κ2) is 8.81. The molecule has 0 saturated carbocycles. The van der Waals surface area contributed by atoms with Gasteiger partial charge in [0.25, 0.3) is 11.5 Å². The van der Waals surface area contributed by atoms with Crippen molar-refractivity contribution in [2.75, 3.05) is 5.32 Å². The molecule has 0 atom stereocenters. The van der Waals surface area contributed by atoms with Crippen LogP contribution in [-0.4, -0.2) is 26.6 Å². The van der Waals surface area contributed by atoms with Crippen LogP contribution in [-0.2, 0) is 6.54 Å². The lowest BCUT2D eigenvalue weighted by Gasteiger charge is -2.13. The molecule has 1 amide bonds. The SMILES string of the molecule is CCCn1cc(C(=O)Nc2ccc(OC(F)(F)F)cc2)c2nn(-c3ccccc3)c(=O)c-2c1. The van der Waals surface area contributed by atoms with Gasteiger partial charge in [0.15, 0.2) is 0 Å². The number of hydrogen-bond donors (Lipinski definition) is 1. The van der Waals surface area contributed by atoms with Crippen LogP contribution >= 0.6 is 0 Å². The van der Waals surface area contributed by atoms with E-state index < -0.39 is 18.0 Å². The van der Waals surface area contributed by atoms with Gasteiger partial charge in [-0.05, 0) is 42.8 Å². The number of nitrogens with zero attached hydrogens (tertiary/aromatic N) is 3.